The number of anilines is 1. The molecule has 1 N–H and O–H groups in total. The molecule has 0 aliphatic carbocycles. The quantitative estimate of drug-likeness (QED) is 0.834. The molecule has 1 aromatic heterocycles. The summed E-state index contributed by atoms with van der Waals surface area (Å²) >= 11 is 0. The highest BCUT2D eigenvalue weighted by atomic mass is 16.5. The standard InChI is InChI=1S/C20H21N3O4/c1-4-14-17-12(11-26-14)6-5-7-15(17)27-16-9-8-13(10-21-16)23-18(24)20(2,3)22-19(23)25/h5-10,14H,4,11H2,1-3H3,(H,22,25)/t14-/m0/s1. The van der Waals surface area contributed by atoms with Gasteiger partial charge in [-0.1, -0.05) is 19.1 Å². The van der Waals surface area contributed by atoms with Crippen LogP contribution in [0.3, 0.4) is 0 Å². The van der Waals surface area contributed by atoms with Gasteiger partial charge >= 0.3 is 6.03 Å². The first-order chi connectivity index (χ1) is 12.9. The van der Waals surface area contributed by atoms with Gasteiger partial charge in [-0.2, -0.15) is 0 Å². The number of imide groups is 1. The van der Waals surface area contributed by atoms with Gasteiger partial charge in [-0.15, -0.1) is 0 Å². The Bertz CT molecular complexity index is 908. The molecule has 2 aromatic rings. The SMILES string of the molecule is CC[C@@H]1OCc2cccc(Oc3ccc(N4C(=O)NC(C)(C)C4=O)cn3)c21. The number of benzene rings is 1. The summed E-state index contributed by atoms with van der Waals surface area (Å²) < 4.78 is 11.8. The van der Waals surface area contributed by atoms with E-state index in [0.717, 1.165) is 22.4 Å². The molecule has 7 nitrogen and oxygen atoms in total. The maximum Gasteiger partial charge on any atom is 0.329 e. The summed E-state index contributed by atoms with van der Waals surface area (Å²) in [7, 11) is 0. The third kappa shape index (κ3) is 2.94. The number of carbonyl (C=O) groups is 2. The summed E-state index contributed by atoms with van der Waals surface area (Å²) in [6.07, 6.45) is 2.34. The smallest absolute Gasteiger partial charge is 0.329 e. The summed E-state index contributed by atoms with van der Waals surface area (Å²) in [5.74, 6) is 0.792. The molecule has 2 aliphatic rings. The van der Waals surface area contributed by atoms with E-state index in [9.17, 15) is 9.59 Å². The number of rotatable bonds is 4. The molecule has 0 bridgehead atoms. The number of hydrogen-bond donors (Lipinski definition) is 1. The number of nitrogens with zero attached hydrogens (tertiary/aromatic N) is 2. The Morgan fingerprint density at radius 2 is 2.11 bits per heavy atom. The highest BCUT2D eigenvalue weighted by Crippen LogP contribution is 2.40. The minimum atomic E-state index is -0.925. The average Bonchev–Trinajstić information content (AvgIpc) is 3.15. The molecular formula is C20H21N3O4. The fraction of sp³-hybridized carbons (Fsp3) is 0.350. The van der Waals surface area contributed by atoms with E-state index in [0.29, 0.717) is 23.9 Å². The molecule has 0 saturated carbocycles. The topological polar surface area (TPSA) is 80.8 Å². The second-order valence-electron chi connectivity index (χ2n) is 7.19. The molecule has 2 aliphatic heterocycles. The lowest BCUT2D eigenvalue weighted by Crippen LogP contribution is -2.40. The number of amides is 3. The van der Waals surface area contributed by atoms with Crippen molar-refractivity contribution in [1.82, 2.24) is 10.3 Å². The monoisotopic (exact) mass is 367 g/mol. The highest BCUT2D eigenvalue weighted by molar-refractivity contribution is 6.22. The van der Waals surface area contributed by atoms with Gasteiger partial charge in [0.05, 0.1) is 24.6 Å². The van der Waals surface area contributed by atoms with Crippen LogP contribution >= 0.6 is 0 Å². The minimum absolute atomic E-state index is 0.0172. The highest BCUT2D eigenvalue weighted by Gasteiger charge is 2.45. The first-order valence-corrected chi connectivity index (χ1v) is 8.94. The van der Waals surface area contributed by atoms with E-state index in [1.165, 1.54) is 6.20 Å². The predicted molar refractivity (Wildman–Crippen MR) is 98.7 cm³/mol. The summed E-state index contributed by atoms with van der Waals surface area (Å²) in [6.45, 7) is 5.99. The molecule has 1 fully saturated rings. The first-order valence-electron chi connectivity index (χ1n) is 8.94. The number of fused-ring (bicyclic) bond motifs is 1. The van der Waals surface area contributed by atoms with Gasteiger partial charge in [-0.3, -0.25) is 4.79 Å². The maximum absolute atomic E-state index is 12.4. The lowest BCUT2D eigenvalue weighted by atomic mass is 10.0. The van der Waals surface area contributed by atoms with Crippen LogP contribution in [-0.4, -0.2) is 22.5 Å². The van der Waals surface area contributed by atoms with Gasteiger partial charge in [-0.05, 0) is 38.0 Å². The Kier molecular flexibility index (Phi) is 4.11. The number of carbonyl (C=O) groups excluding carboxylic acids is 2. The van der Waals surface area contributed by atoms with E-state index >= 15 is 0 Å². The van der Waals surface area contributed by atoms with Crippen LogP contribution in [0.25, 0.3) is 0 Å². The number of ether oxygens (including phenoxy) is 2. The zero-order valence-electron chi connectivity index (χ0n) is 15.5. The molecular weight excluding hydrogens is 346 g/mol. The molecule has 1 saturated heterocycles. The van der Waals surface area contributed by atoms with Gasteiger partial charge in [0.25, 0.3) is 5.91 Å². The van der Waals surface area contributed by atoms with Crippen LogP contribution in [0.2, 0.25) is 0 Å². The molecule has 1 atom stereocenters. The van der Waals surface area contributed by atoms with Crippen LogP contribution < -0.4 is 15.0 Å². The van der Waals surface area contributed by atoms with Crippen LogP contribution in [-0.2, 0) is 16.1 Å². The molecule has 0 radical (unpaired) electrons. The Morgan fingerprint density at radius 3 is 2.74 bits per heavy atom. The van der Waals surface area contributed by atoms with E-state index in [1.807, 2.05) is 18.2 Å². The van der Waals surface area contributed by atoms with Gasteiger partial charge in [0.1, 0.15) is 11.3 Å². The summed E-state index contributed by atoms with van der Waals surface area (Å²) in [4.78, 5) is 29.8. The molecule has 4 rings (SSSR count). The predicted octanol–water partition coefficient (Wildman–Crippen LogP) is 3.69. The fourth-order valence-electron chi connectivity index (χ4n) is 3.43. The van der Waals surface area contributed by atoms with Crippen molar-refractivity contribution in [2.24, 2.45) is 0 Å². The normalized spacial score (nSPS) is 20.6. The Morgan fingerprint density at radius 1 is 1.30 bits per heavy atom. The van der Waals surface area contributed by atoms with E-state index in [-0.39, 0.29) is 12.0 Å². The Labute approximate surface area is 157 Å². The second kappa shape index (κ2) is 6.35. The van der Waals surface area contributed by atoms with Crippen LogP contribution in [0, 0.1) is 0 Å². The van der Waals surface area contributed by atoms with E-state index in [2.05, 4.69) is 17.2 Å². The maximum atomic E-state index is 12.4. The Balaban J connectivity index is 1.58. The van der Waals surface area contributed by atoms with Crippen molar-refractivity contribution in [3.05, 3.63) is 47.7 Å². The summed E-state index contributed by atoms with van der Waals surface area (Å²) in [5, 5.41) is 2.65. The van der Waals surface area contributed by atoms with Crippen molar-refractivity contribution < 1.29 is 19.1 Å². The molecule has 7 heteroatoms. The summed E-state index contributed by atoms with van der Waals surface area (Å²) in [6, 6.07) is 8.71. The second-order valence-corrected chi connectivity index (χ2v) is 7.19. The lowest BCUT2D eigenvalue weighted by Gasteiger charge is -2.16. The first kappa shape index (κ1) is 17.5. The number of aromatic nitrogens is 1. The zero-order valence-corrected chi connectivity index (χ0v) is 15.5. The van der Waals surface area contributed by atoms with Crippen LogP contribution in [0.5, 0.6) is 11.6 Å². The van der Waals surface area contributed by atoms with Crippen molar-refractivity contribution in [3.8, 4) is 11.6 Å². The van der Waals surface area contributed by atoms with Gasteiger partial charge < -0.3 is 14.8 Å². The van der Waals surface area contributed by atoms with Crippen molar-refractivity contribution in [2.45, 2.75) is 45.4 Å². The third-order valence-corrected chi connectivity index (χ3v) is 4.84. The van der Waals surface area contributed by atoms with Crippen LogP contribution in [0.4, 0.5) is 10.5 Å². The van der Waals surface area contributed by atoms with Crippen molar-refractivity contribution in [2.75, 3.05) is 4.90 Å². The Hall–Kier alpha value is -2.93. The molecule has 1 aromatic carbocycles. The van der Waals surface area contributed by atoms with Gasteiger partial charge in [0.2, 0.25) is 5.88 Å². The summed E-state index contributed by atoms with van der Waals surface area (Å²) in [5.41, 5.74) is 1.66. The minimum Gasteiger partial charge on any atom is -0.439 e. The third-order valence-electron chi connectivity index (χ3n) is 4.84. The number of pyridine rings is 1. The molecule has 0 unspecified atom stereocenters. The number of nitrogens with one attached hydrogen (secondary N) is 1. The molecule has 140 valence electrons. The zero-order chi connectivity index (χ0) is 19.2. The van der Waals surface area contributed by atoms with E-state index in [4.69, 9.17) is 9.47 Å². The average molecular weight is 367 g/mol. The van der Waals surface area contributed by atoms with E-state index in [1.54, 1.807) is 26.0 Å². The number of urea groups is 1. The molecule has 0 spiro atoms. The van der Waals surface area contributed by atoms with Gasteiger partial charge in [0, 0.05) is 11.6 Å². The molecule has 3 amide bonds. The lowest BCUT2D eigenvalue weighted by molar-refractivity contribution is -0.121. The van der Waals surface area contributed by atoms with Crippen molar-refractivity contribution in [1.29, 1.82) is 0 Å². The fourth-order valence-corrected chi connectivity index (χ4v) is 3.43. The van der Waals surface area contributed by atoms with E-state index < -0.39 is 11.6 Å². The number of hydrogen-bond acceptors (Lipinski definition) is 5. The van der Waals surface area contributed by atoms with Gasteiger partial charge in [0.15, 0.2) is 0 Å². The van der Waals surface area contributed by atoms with Crippen molar-refractivity contribution in [3.63, 3.8) is 0 Å². The molecule has 27 heavy (non-hydrogen) atoms. The van der Waals surface area contributed by atoms with Gasteiger partial charge in [-0.25, -0.2) is 14.7 Å². The van der Waals surface area contributed by atoms with Crippen LogP contribution in [0.15, 0.2) is 36.5 Å². The van der Waals surface area contributed by atoms with Crippen LogP contribution in [0.1, 0.15) is 44.4 Å². The molecule has 3 heterocycles. The largest absolute Gasteiger partial charge is 0.439 e. The van der Waals surface area contributed by atoms with Crippen molar-refractivity contribution >= 4 is 17.6 Å².